The number of aromatic nitrogens is 4. The minimum absolute atomic E-state index is 0.00123. The number of aliphatic hydroxyl groups is 4. The number of fused-ring (bicyclic) bond motifs is 3. The fraction of sp³-hybridized carbons (Fsp3) is 0.429. The number of alkyl halides is 3. The lowest BCUT2D eigenvalue weighted by Gasteiger charge is -2.21. The van der Waals surface area contributed by atoms with Crippen molar-refractivity contribution in [2.75, 3.05) is 18.4 Å². The standard InChI is InChI=1S/C28H27F3N6O6/c29-27(30,31)18-7-3-6-16-17(24(38)35-12-14-10-26(14,40)13-35)8-22(34-23(16)18)33-21-9-19-20(11-32-21)37(28(41,42)43)25(39)36(19)15-4-1-2-5-15/h3,6-9,11,14-15,40-43H,1-2,4-5,10,12-13H2,(H,32,33,34). The minimum Gasteiger partial charge on any atom is -0.388 e. The number of nitrogens with zero attached hydrogens (tertiary/aromatic N) is 5. The van der Waals surface area contributed by atoms with Crippen molar-refractivity contribution >= 4 is 39.5 Å². The number of imidazole rings is 1. The highest BCUT2D eigenvalue weighted by molar-refractivity contribution is 6.08. The van der Waals surface area contributed by atoms with Crippen molar-refractivity contribution in [3.05, 3.63) is 58.1 Å². The third kappa shape index (κ3) is 4.54. The van der Waals surface area contributed by atoms with Crippen LogP contribution in [0.1, 0.15) is 54.1 Å². The summed E-state index contributed by atoms with van der Waals surface area (Å²) in [6, 6.07) is 5.90. The molecule has 5 N–H and O–H groups in total. The van der Waals surface area contributed by atoms with Crippen molar-refractivity contribution in [2.45, 2.75) is 56.0 Å². The van der Waals surface area contributed by atoms with Crippen molar-refractivity contribution in [3.8, 4) is 0 Å². The lowest BCUT2D eigenvalue weighted by atomic mass is 10.0. The van der Waals surface area contributed by atoms with Crippen LogP contribution in [-0.2, 0) is 12.3 Å². The van der Waals surface area contributed by atoms with Crippen molar-refractivity contribution in [1.29, 1.82) is 0 Å². The molecule has 1 aromatic carbocycles. The molecule has 2 aliphatic carbocycles. The molecule has 43 heavy (non-hydrogen) atoms. The lowest BCUT2D eigenvalue weighted by molar-refractivity contribution is -0.374. The fourth-order valence-electron chi connectivity index (χ4n) is 6.62. The number of likely N-dealkylation sites (tertiary alicyclic amines) is 1. The Morgan fingerprint density at radius 3 is 2.47 bits per heavy atom. The summed E-state index contributed by atoms with van der Waals surface area (Å²) in [6.45, 7) is 0.370. The Balaban J connectivity index is 1.35. The Morgan fingerprint density at radius 2 is 1.81 bits per heavy atom. The number of pyridine rings is 2. The van der Waals surface area contributed by atoms with E-state index in [1.54, 1.807) is 0 Å². The molecule has 1 amide bonds. The predicted molar refractivity (Wildman–Crippen MR) is 145 cm³/mol. The lowest BCUT2D eigenvalue weighted by Crippen LogP contribution is -2.41. The number of halogens is 3. The van der Waals surface area contributed by atoms with Gasteiger partial charge in [0.05, 0.1) is 46.0 Å². The SMILES string of the molecule is O=C(c1cc(Nc2cc3c(cn2)n(C(O)(O)O)c(=O)n3C2CCCC2)nc2c(C(F)(F)F)cccc12)N1CC2CC2(O)C1. The molecule has 15 heteroatoms. The van der Waals surface area contributed by atoms with Gasteiger partial charge in [0.25, 0.3) is 5.91 Å². The van der Waals surface area contributed by atoms with Gasteiger partial charge in [0, 0.05) is 30.0 Å². The van der Waals surface area contributed by atoms with Crippen LogP contribution >= 0.6 is 0 Å². The van der Waals surface area contributed by atoms with Gasteiger partial charge in [0.2, 0.25) is 0 Å². The van der Waals surface area contributed by atoms with E-state index in [2.05, 4.69) is 15.3 Å². The highest BCUT2D eigenvalue weighted by atomic mass is 19.4. The largest absolute Gasteiger partial charge is 0.418 e. The second kappa shape index (κ2) is 9.22. The second-order valence-corrected chi connectivity index (χ2v) is 11.7. The molecule has 12 nitrogen and oxygen atoms in total. The first-order valence-electron chi connectivity index (χ1n) is 13.8. The number of β-amino-alcohol motifs (C(OH)–C–C–N with tert-alkyl or cyclic N) is 1. The maximum Gasteiger partial charge on any atom is 0.418 e. The molecular weight excluding hydrogens is 573 g/mol. The number of benzene rings is 1. The Morgan fingerprint density at radius 1 is 1.07 bits per heavy atom. The molecule has 4 aromatic rings. The van der Waals surface area contributed by atoms with E-state index in [0.717, 1.165) is 25.1 Å². The quantitative estimate of drug-likeness (QED) is 0.216. The predicted octanol–water partition coefficient (Wildman–Crippen LogP) is 2.38. The molecule has 1 saturated heterocycles. The average Bonchev–Trinajstić information content (AvgIpc) is 3.30. The number of piperidine rings is 1. The molecule has 3 aromatic heterocycles. The van der Waals surface area contributed by atoms with E-state index >= 15 is 0 Å². The van der Waals surface area contributed by atoms with E-state index in [1.165, 1.54) is 33.7 Å². The highest BCUT2D eigenvalue weighted by Gasteiger charge is 2.60. The van der Waals surface area contributed by atoms with Crippen LogP contribution < -0.4 is 11.0 Å². The molecule has 3 fully saturated rings. The molecule has 0 bridgehead atoms. The molecule has 4 heterocycles. The number of nitrogens with one attached hydrogen (secondary N) is 1. The Hall–Kier alpha value is -4.05. The van der Waals surface area contributed by atoms with Crippen LogP contribution in [0.5, 0.6) is 0 Å². The maximum atomic E-state index is 14.0. The highest BCUT2D eigenvalue weighted by Crippen LogP contribution is 2.49. The van der Waals surface area contributed by atoms with E-state index in [0.29, 0.717) is 23.8 Å². The van der Waals surface area contributed by atoms with E-state index in [4.69, 9.17) is 0 Å². The van der Waals surface area contributed by atoms with Crippen molar-refractivity contribution in [1.82, 2.24) is 24.0 Å². The number of carbonyl (C=O) groups excluding carboxylic acids is 1. The molecule has 1 aliphatic heterocycles. The molecule has 7 rings (SSSR count). The first kappa shape index (κ1) is 27.8. The summed E-state index contributed by atoms with van der Waals surface area (Å²) in [6.07, 6.45) is -3.60. The van der Waals surface area contributed by atoms with Gasteiger partial charge in [-0.05, 0) is 31.4 Å². The maximum absolute atomic E-state index is 14.0. The van der Waals surface area contributed by atoms with Crippen LogP contribution in [0.15, 0.2) is 41.3 Å². The Bertz CT molecular complexity index is 1860. The van der Waals surface area contributed by atoms with Crippen LogP contribution in [-0.4, -0.2) is 69.0 Å². The van der Waals surface area contributed by atoms with Gasteiger partial charge in [-0.15, -0.1) is 0 Å². The summed E-state index contributed by atoms with van der Waals surface area (Å²) in [5, 5.41) is 43.0. The molecule has 226 valence electrons. The van der Waals surface area contributed by atoms with E-state index in [1.807, 2.05) is 0 Å². The van der Waals surface area contributed by atoms with Gasteiger partial charge < -0.3 is 30.6 Å². The smallest absolute Gasteiger partial charge is 0.388 e. The van der Waals surface area contributed by atoms with Crippen LogP contribution in [0, 0.1) is 5.92 Å². The first-order chi connectivity index (χ1) is 20.2. The normalized spacial score (nSPS) is 22.5. The van der Waals surface area contributed by atoms with Crippen molar-refractivity contribution < 1.29 is 38.4 Å². The van der Waals surface area contributed by atoms with Crippen molar-refractivity contribution in [2.24, 2.45) is 5.92 Å². The zero-order valence-electron chi connectivity index (χ0n) is 22.5. The number of anilines is 2. The summed E-state index contributed by atoms with van der Waals surface area (Å²) >= 11 is 0. The van der Waals surface area contributed by atoms with E-state index < -0.39 is 40.6 Å². The monoisotopic (exact) mass is 600 g/mol. The number of para-hydroxylation sites is 1. The summed E-state index contributed by atoms with van der Waals surface area (Å²) in [5.74, 6) is -0.694. The summed E-state index contributed by atoms with van der Waals surface area (Å²) in [5.41, 5.74) is -3.24. The van der Waals surface area contributed by atoms with Gasteiger partial charge >= 0.3 is 18.0 Å². The van der Waals surface area contributed by atoms with Gasteiger partial charge in [-0.3, -0.25) is 9.36 Å². The number of carbonyl (C=O) groups is 1. The third-order valence-electron chi connectivity index (χ3n) is 8.77. The zero-order valence-corrected chi connectivity index (χ0v) is 22.5. The molecule has 2 atom stereocenters. The zero-order chi connectivity index (χ0) is 30.5. The van der Waals surface area contributed by atoms with Gasteiger partial charge in [0.15, 0.2) is 0 Å². The minimum atomic E-state index is -4.77. The Kier molecular flexibility index (Phi) is 5.96. The van der Waals surface area contributed by atoms with Gasteiger partial charge in [-0.25, -0.2) is 19.3 Å². The number of amides is 1. The molecule has 0 spiro atoms. The van der Waals surface area contributed by atoms with Gasteiger partial charge in [-0.2, -0.15) is 13.2 Å². The average molecular weight is 601 g/mol. The molecule has 2 saturated carbocycles. The summed E-state index contributed by atoms with van der Waals surface area (Å²) in [4.78, 5) is 36.6. The van der Waals surface area contributed by atoms with Gasteiger partial charge in [0.1, 0.15) is 11.6 Å². The summed E-state index contributed by atoms with van der Waals surface area (Å²) < 4.78 is 43.8. The van der Waals surface area contributed by atoms with Crippen LogP contribution in [0.25, 0.3) is 21.9 Å². The molecule has 3 aliphatic rings. The van der Waals surface area contributed by atoms with E-state index in [-0.39, 0.29) is 58.7 Å². The van der Waals surface area contributed by atoms with E-state index in [9.17, 15) is 43.2 Å². The summed E-state index contributed by atoms with van der Waals surface area (Å²) in [7, 11) is 0. The first-order valence-corrected chi connectivity index (χ1v) is 13.8. The molecule has 2 unspecified atom stereocenters. The van der Waals surface area contributed by atoms with Crippen molar-refractivity contribution in [3.63, 3.8) is 0 Å². The van der Waals surface area contributed by atoms with Crippen LogP contribution in [0.4, 0.5) is 24.8 Å². The van der Waals surface area contributed by atoms with Crippen LogP contribution in [0.2, 0.25) is 0 Å². The second-order valence-electron chi connectivity index (χ2n) is 11.7. The van der Waals surface area contributed by atoms with Crippen LogP contribution in [0.3, 0.4) is 0 Å². The Labute approximate surface area is 240 Å². The number of hydrogen-bond donors (Lipinski definition) is 5. The van der Waals surface area contributed by atoms with Gasteiger partial charge in [-0.1, -0.05) is 25.0 Å². The molecular formula is C28H27F3N6O6. The fourth-order valence-corrected chi connectivity index (χ4v) is 6.62. The third-order valence-corrected chi connectivity index (χ3v) is 8.77. The number of hydrogen-bond acceptors (Lipinski definition) is 9. The topological polar surface area (TPSA) is 166 Å². The molecule has 0 radical (unpaired) electrons. The number of rotatable bonds is 5.